The van der Waals surface area contributed by atoms with Gasteiger partial charge in [-0.05, 0) is 37.5 Å². The molecule has 0 aliphatic heterocycles. The second kappa shape index (κ2) is 7.59. The summed E-state index contributed by atoms with van der Waals surface area (Å²) in [5.41, 5.74) is -0.856. The number of nitrogens with one attached hydrogen (secondary N) is 1. The summed E-state index contributed by atoms with van der Waals surface area (Å²) in [4.78, 5) is 0. The van der Waals surface area contributed by atoms with E-state index in [0.29, 0.717) is 12.2 Å². The van der Waals surface area contributed by atoms with E-state index >= 15 is 0 Å². The van der Waals surface area contributed by atoms with Crippen LogP contribution in [0.1, 0.15) is 36.8 Å². The molecule has 0 saturated heterocycles. The van der Waals surface area contributed by atoms with Gasteiger partial charge in [0.1, 0.15) is 0 Å². The molecule has 0 aliphatic rings. The van der Waals surface area contributed by atoms with E-state index in [2.05, 4.69) is 11.9 Å². The molecule has 0 heterocycles. The summed E-state index contributed by atoms with van der Waals surface area (Å²) in [6, 6.07) is 5.25. The maximum absolute atomic E-state index is 12.8. The Labute approximate surface area is 116 Å². The summed E-state index contributed by atoms with van der Waals surface area (Å²) in [5.74, 6) is 0. The Morgan fingerprint density at radius 3 is 2.60 bits per heavy atom. The fourth-order valence-corrected chi connectivity index (χ4v) is 1.81. The second-order valence-electron chi connectivity index (χ2n) is 4.43. The van der Waals surface area contributed by atoms with Crippen LogP contribution in [0.5, 0.6) is 0 Å². The number of nitriles is 1. The third kappa shape index (κ3) is 4.96. The number of anilines is 1. The zero-order valence-electron chi connectivity index (χ0n) is 11.1. The van der Waals surface area contributed by atoms with Crippen molar-refractivity contribution in [2.45, 2.75) is 31.9 Å². The van der Waals surface area contributed by atoms with E-state index in [1.165, 1.54) is 12.1 Å². The van der Waals surface area contributed by atoms with Gasteiger partial charge in [0.05, 0.1) is 17.2 Å². The lowest BCUT2D eigenvalue weighted by Gasteiger charge is -2.12. The van der Waals surface area contributed by atoms with Crippen LogP contribution in [0.4, 0.5) is 18.9 Å². The van der Waals surface area contributed by atoms with Gasteiger partial charge in [0.2, 0.25) is 0 Å². The van der Waals surface area contributed by atoms with E-state index < -0.39 is 11.7 Å². The molecule has 0 bridgehead atoms. The van der Waals surface area contributed by atoms with Gasteiger partial charge in [-0.15, -0.1) is 6.58 Å². The van der Waals surface area contributed by atoms with E-state index in [9.17, 15) is 13.2 Å². The topological polar surface area (TPSA) is 35.8 Å². The normalized spacial score (nSPS) is 10.9. The third-order valence-electron chi connectivity index (χ3n) is 2.86. The van der Waals surface area contributed by atoms with Gasteiger partial charge in [-0.3, -0.25) is 0 Å². The molecular weight excluding hydrogens is 265 g/mol. The van der Waals surface area contributed by atoms with Crippen molar-refractivity contribution in [1.29, 1.82) is 5.26 Å². The van der Waals surface area contributed by atoms with Crippen molar-refractivity contribution in [3.63, 3.8) is 0 Å². The SMILES string of the molecule is C=CCCCCCNc1ccc(C#N)c(C(F)(F)F)c1. The number of alkyl halides is 3. The molecule has 1 aromatic rings. The first kappa shape index (κ1) is 16.1. The van der Waals surface area contributed by atoms with Crippen molar-refractivity contribution in [2.75, 3.05) is 11.9 Å². The summed E-state index contributed by atoms with van der Waals surface area (Å²) in [7, 11) is 0. The van der Waals surface area contributed by atoms with E-state index in [1.807, 2.05) is 6.08 Å². The van der Waals surface area contributed by atoms with Gasteiger partial charge in [0.15, 0.2) is 0 Å². The van der Waals surface area contributed by atoms with Crippen molar-refractivity contribution in [1.82, 2.24) is 0 Å². The molecule has 0 aliphatic carbocycles. The average Bonchev–Trinajstić information content (AvgIpc) is 2.41. The zero-order valence-corrected chi connectivity index (χ0v) is 11.1. The zero-order chi connectivity index (χ0) is 15.0. The van der Waals surface area contributed by atoms with Crippen LogP contribution in [0.15, 0.2) is 30.9 Å². The first-order valence-corrected chi connectivity index (χ1v) is 6.45. The van der Waals surface area contributed by atoms with Crippen LogP contribution in [0.3, 0.4) is 0 Å². The Morgan fingerprint density at radius 2 is 2.00 bits per heavy atom. The Kier molecular flexibility index (Phi) is 6.10. The second-order valence-corrected chi connectivity index (χ2v) is 4.43. The van der Waals surface area contributed by atoms with Crippen LogP contribution in [-0.4, -0.2) is 6.54 Å². The molecule has 0 fully saturated rings. The molecule has 0 saturated carbocycles. The molecular formula is C15H17F3N2. The fraction of sp³-hybridized carbons (Fsp3) is 0.400. The predicted octanol–water partition coefficient (Wildman–Crippen LogP) is 4.74. The van der Waals surface area contributed by atoms with Gasteiger partial charge in [0, 0.05) is 12.2 Å². The summed E-state index contributed by atoms with van der Waals surface area (Å²) in [6.07, 6.45) is 1.22. The maximum atomic E-state index is 12.8. The summed E-state index contributed by atoms with van der Waals surface area (Å²) < 4.78 is 38.3. The minimum atomic E-state index is -4.51. The summed E-state index contributed by atoms with van der Waals surface area (Å²) >= 11 is 0. The number of allylic oxidation sites excluding steroid dienone is 1. The molecule has 0 unspecified atom stereocenters. The molecule has 0 spiro atoms. The quantitative estimate of drug-likeness (QED) is 0.579. The Morgan fingerprint density at radius 1 is 1.25 bits per heavy atom. The van der Waals surface area contributed by atoms with Gasteiger partial charge in [-0.1, -0.05) is 12.5 Å². The molecule has 108 valence electrons. The molecule has 1 N–H and O–H groups in total. The highest BCUT2D eigenvalue weighted by molar-refractivity contribution is 5.53. The Balaban J connectivity index is 2.60. The first-order chi connectivity index (χ1) is 9.49. The standard InChI is InChI=1S/C15H17F3N2/c1-2-3-4-5-6-9-20-13-8-7-12(11-19)14(10-13)15(16,17)18/h2,7-8,10,20H,1,3-6,9H2. The Bertz CT molecular complexity index is 487. The number of unbranched alkanes of at least 4 members (excludes halogenated alkanes) is 3. The minimum Gasteiger partial charge on any atom is -0.385 e. The van der Waals surface area contributed by atoms with Crippen molar-refractivity contribution < 1.29 is 13.2 Å². The van der Waals surface area contributed by atoms with E-state index in [-0.39, 0.29) is 5.56 Å². The number of rotatable bonds is 7. The van der Waals surface area contributed by atoms with E-state index in [1.54, 1.807) is 6.07 Å². The highest BCUT2D eigenvalue weighted by Crippen LogP contribution is 2.33. The van der Waals surface area contributed by atoms with Gasteiger partial charge in [-0.2, -0.15) is 18.4 Å². The van der Waals surface area contributed by atoms with Gasteiger partial charge in [-0.25, -0.2) is 0 Å². The lowest BCUT2D eigenvalue weighted by Crippen LogP contribution is -2.09. The Hall–Kier alpha value is -1.96. The van der Waals surface area contributed by atoms with Crippen LogP contribution in [0.2, 0.25) is 0 Å². The smallest absolute Gasteiger partial charge is 0.385 e. The monoisotopic (exact) mass is 282 g/mol. The van der Waals surface area contributed by atoms with Crippen LogP contribution in [0, 0.1) is 11.3 Å². The van der Waals surface area contributed by atoms with E-state index in [0.717, 1.165) is 31.7 Å². The maximum Gasteiger partial charge on any atom is 0.417 e. The molecule has 20 heavy (non-hydrogen) atoms. The predicted molar refractivity (Wildman–Crippen MR) is 73.3 cm³/mol. The highest BCUT2D eigenvalue weighted by atomic mass is 19.4. The van der Waals surface area contributed by atoms with Gasteiger partial charge in [0.25, 0.3) is 0 Å². The lowest BCUT2D eigenvalue weighted by molar-refractivity contribution is -0.137. The number of nitrogens with zero attached hydrogens (tertiary/aromatic N) is 1. The lowest BCUT2D eigenvalue weighted by atomic mass is 10.1. The van der Waals surface area contributed by atoms with Crippen molar-refractivity contribution in [3.8, 4) is 6.07 Å². The van der Waals surface area contributed by atoms with Crippen LogP contribution in [0.25, 0.3) is 0 Å². The number of hydrogen-bond donors (Lipinski definition) is 1. The van der Waals surface area contributed by atoms with Crippen LogP contribution < -0.4 is 5.32 Å². The van der Waals surface area contributed by atoms with Crippen molar-refractivity contribution in [3.05, 3.63) is 42.0 Å². The molecule has 2 nitrogen and oxygen atoms in total. The highest BCUT2D eigenvalue weighted by Gasteiger charge is 2.33. The molecule has 0 aromatic heterocycles. The molecule has 0 radical (unpaired) electrons. The fourth-order valence-electron chi connectivity index (χ4n) is 1.81. The molecule has 1 rings (SSSR count). The van der Waals surface area contributed by atoms with E-state index in [4.69, 9.17) is 5.26 Å². The molecule has 0 amide bonds. The summed E-state index contributed by atoms with van der Waals surface area (Å²) in [6.45, 7) is 4.24. The van der Waals surface area contributed by atoms with Crippen molar-refractivity contribution >= 4 is 5.69 Å². The summed E-state index contributed by atoms with van der Waals surface area (Å²) in [5, 5.41) is 11.6. The molecule has 5 heteroatoms. The minimum absolute atomic E-state index is 0.353. The largest absolute Gasteiger partial charge is 0.417 e. The molecule has 1 aromatic carbocycles. The average molecular weight is 282 g/mol. The number of hydrogen-bond acceptors (Lipinski definition) is 2. The van der Waals surface area contributed by atoms with Gasteiger partial charge < -0.3 is 5.32 Å². The molecule has 0 atom stereocenters. The number of benzene rings is 1. The van der Waals surface area contributed by atoms with Crippen LogP contribution in [-0.2, 0) is 6.18 Å². The van der Waals surface area contributed by atoms with Gasteiger partial charge >= 0.3 is 6.18 Å². The number of halogens is 3. The van der Waals surface area contributed by atoms with Crippen LogP contribution >= 0.6 is 0 Å². The third-order valence-corrected chi connectivity index (χ3v) is 2.86. The first-order valence-electron chi connectivity index (χ1n) is 6.45. The van der Waals surface area contributed by atoms with Crippen molar-refractivity contribution in [2.24, 2.45) is 0 Å².